The summed E-state index contributed by atoms with van der Waals surface area (Å²) in [5, 5.41) is 3.33. The summed E-state index contributed by atoms with van der Waals surface area (Å²) < 4.78 is 5.54. The van der Waals surface area contributed by atoms with Crippen molar-refractivity contribution < 1.29 is 4.74 Å². The van der Waals surface area contributed by atoms with E-state index in [9.17, 15) is 0 Å². The van der Waals surface area contributed by atoms with Gasteiger partial charge in [0.2, 0.25) is 5.95 Å². The average Bonchev–Trinajstić information content (AvgIpc) is 2.36. The van der Waals surface area contributed by atoms with E-state index in [-0.39, 0.29) is 6.10 Å². The number of anilines is 2. The molecule has 1 rings (SSSR count). The van der Waals surface area contributed by atoms with Crippen molar-refractivity contribution in [3.8, 4) is 0 Å². The van der Waals surface area contributed by atoms with Gasteiger partial charge >= 0.3 is 0 Å². The lowest BCUT2D eigenvalue weighted by Crippen LogP contribution is -2.10. The maximum atomic E-state index is 5.64. The number of nitrogens with zero attached hydrogens (tertiary/aromatic N) is 2. The van der Waals surface area contributed by atoms with Crippen LogP contribution in [0.25, 0.3) is 0 Å². The van der Waals surface area contributed by atoms with Crippen LogP contribution in [-0.2, 0) is 11.2 Å². The van der Waals surface area contributed by atoms with Crippen LogP contribution in [0.3, 0.4) is 0 Å². The number of unbranched alkanes of at least 4 members (excludes halogenated alkanes) is 1. The highest BCUT2D eigenvalue weighted by molar-refractivity contribution is 5.46. The Labute approximate surface area is 116 Å². The SMILES string of the molecule is CCCCNc1nc(N)ncc1CCCOC(C)C. The van der Waals surface area contributed by atoms with Crippen LogP contribution in [-0.4, -0.2) is 29.2 Å². The van der Waals surface area contributed by atoms with Crippen molar-refractivity contribution in [1.29, 1.82) is 0 Å². The number of hydrogen-bond donors (Lipinski definition) is 2. The number of rotatable bonds is 9. The van der Waals surface area contributed by atoms with Gasteiger partial charge in [-0.3, -0.25) is 0 Å². The Morgan fingerprint density at radius 3 is 2.84 bits per heavy atom. The molecule has 0 aromatic carbocycles. The molecule has 1 heterocycles. The van der Waals surface area contributed by atoms with Crippen molar-refractivity contribution in [2.75, 3.05) is 24.2 Å². The molecular formula is C14H26N4O. The van der Waals surface area contributed by atoms with Gasteiger partial charge in [-0.2, -0.15) is 4.98 Å². The summed E-state index contributed by atoms with van der Waals surface area (Å²) in [5.74, 6) is 1.19. The molecule has 0 bridgehead atoms. The first-order chi connectivity index (χ1) is 9.13. The quantitative estimate of drug-likeness (QED) is 0.672. The number of nitrogens with one attached hydrogen (secondary N) is 1. The Morgan fingerprint density at radius 2 is 2.16 bits per heavy atom. The van der Waals surface area contributed by atoms with Gasteiger partial charge < -0.3 is 15.8 Å². The maximum absolute atomic E-state index is 5.64. The Bertz CT molecular complexity index is 368. The third-order valence-corrected chi connectivity index (χ3v) is 2.75. The molecule has 0 unspecified atom stereocenters. The summed E-state index contributed by atoms with van der Waals surface area (Å²) in [6, 6.07) is 0. The van der Waals surface area contributed by atoms with Crippen LogP contribution < -0.4 is 11.1 Å². The largest absolute Gasteiger partial charge is 0.379 e. The molecule has 0 atom stereocenters. The van der Waals surface area contributed by atoms with E-state index in [2.05, 4.69) is 22.2 Å². The molecule has 5 nitrogen and oxygen atoms in total. The predicted octanol–water partition coefficient (Wildman–Crippen LogP) is 2.63. The molecule has 0 saturated heterocycles. The van der Waals surface area contributed by atoms with Gasteiger partial charge in [0, 0.05) is 24.9 Å². The van der Waals surface area contributed by atoms with Gasteiger partial charge in [-0.25, -0.2) is 4.98 Å². The molecule has 108 valence electrons. The molecule has 0 radical (unpaired) electrons. The standard InChI is InChI=1S/C14H26N4O/c1-4-5-8-16-13-12(10-17-14(15)18-13)7-6-9-19-11(2)3/h10-11H,4-9H2,1-3H3,(H3,15,16,17,18). The number of aryl methyl sites for hydroxylation is 1. The zero-order valence-corrected chi connectivity index (χ0v) is 12.3. The van der Waals surface area contributed by atoms with E-state index < -0.39 is 0 Å². The first-order valence-electron chi connectivity index (χ1n) is 7.10. The lowest BCUT2D eigenvalue weighted by Gasteiger charge is -2.11. The second-order valence-electron chi connectivity index (χ2n) is 4.91. The van der Waals surface area contributed by atoms with Gasteiger partial charge in [-0.1, -0.05) is 13.3 Å². The minimum atomic E-state index is 0.282. The molecule has 5 heteroatoms. The van der Waals surface area contributed by atoms with Gasteiger partial charge in [0.15, 0.2) is 0 Å². The summed E-state index contributed by atoms with van der Waals surface area (Å²) in [5.41, 5.74) is 6.75. The monoisotopic (exact) mass is 266 g/mol. The van der Waals surface area contributed by atoms with Crippen LogP contribution in [0.1, 0.15) is 45.6 Å². The molecule has 19 heavy (non-hydrogen) atoms. The molecule has 1 aromatic rings. The Balaban J connectivity index is 2.50. The highest BCUT2D eigenvalue weighted by Gasteiger charge is 2.06. The van der Waals surface area contributed by atoms with Crippen molar-refractivity contribution in [3.05, 3.63) is 11.8 Å². The van der Waals surface area contributed by atoms with Gasteiger partial charge in [-0.15, -0.1) is 0 Å². The summed E-state index contributed by atoms with van der Waals surface area (Å²) in [7, 11) is 0. The summed E-state index contributed by atoms with van der Waals surface area (Å²) >= 11 is 0. The first kappa shape index (κ1) is 15.7. The van der Waals surface area contributed by atoms with Crippen molar-refractivity contribution in [1.82, 2.24) is 9.97 Å². The molecular weight excluding hydrogens is 240 g/mol. The molecule has 0 amide bonds. The minimum Gasteiger partial charge on any atom is -0.379 e. The van der Waals surface area contributed by atoms with E-state index in [1.807, 2.05) is 20.0 Å². The molecule has 0 aliphatic rings. The van der Waals surface area contributed by atoms with E-state index in [1.165, 1.54) is 0 Å². The average molecular weight is 266 g/mol. The predicted molar refractivity (Wildman–Crippen MR) is 79.3 cm³/mol. The Morgan fingerprint density at radius 1 is 1.37 bits per heavy atom. The van der Waals surface area contributed by atoms with E-state index in [0.717, 1.165) is 50.2 Å². The molecule has 0 spiro atoms. The topological polar surface area (TPSA) is 73.1 Å². The third-order valence-electron chi connectivity index (χ3n) is 2.75. The van der Waals surface area contributed by atoms with Crippen LogP contribution >= 0.6 is 0 Å². The smallest absolute Gasteiger partial charge is 0.221 e. The fourth-order valence-corrected chi connectivity index (χ4v) is 1.72. The first-order valence-corrected chi connectivity index (χ1v) is 7.10. The molecule has 1 aromatic heterocycles. The van der Waals surface area contributed by atoms with Crippen LogP contribution in [0.4, 0.5) is 11.8 Å². The minimum absolute atomic E-state index is 0.282. The summed E-state index contributed by atoms with van der Waals surface area (Å²) in [6.45, 7) is 7.94. The van der Waals surface area contributed by atoms with E-state index in [1.54, 1.807) is 0 Å². The second-order valence-corrected chi connectivity index (χ2v) is 4.91. The maximum Gasteiger partial charge on any atom is 0.221 e. The molecule has 0 aliphatic heterocycles. The van der Waals surface area contributed by atoms with E-state index in [4.69, 9.17) is 10.5 Å². The highest BCUT2D eigenvalue weighted by Crippen LogP contribution is 2.15. The zero-order chi connectivity index (χ0) is 14.1. The van der Waals surface area contributed by atoms with Gasteiger partial charge in [-0.05, 0) is 33.1 Å². The second kappa shape index (κ2) is 8.69. The third kappa shape index (κ3) is 6.38. The lowest BCUT2D eigenvalue weighted by molar-refractivity contribution is 0.0772. The van der Waals surface area contributed by atoms with Crippen molar-refractivity contribution in [2.45, 2.75) is 52.6 Å². The number of nitrogen functional groups attached to an aromatic ring is 1. The van der Waals surface area contributed by atoms with Gasteiger partial charge in [0.05, 0.1) is 6.10 Å². The molecule has 0 fully saturated rings. The van der Waals surface area contributed by atoms with Gasteiger partial charge in [0.25, 0.3) is 0 Å². The molecule has 0 aliphatic carbocycles. The van der Waals surface area contributed by atoms with Crippen LogP contribution in [0.5, 0.6) is 0 Å². The highest BCUT2D eigenvalue weighted by atomic mass is 16.5. The van der Waals surface area contributed by atoms with E-state index in [0.29, 0.717) is 5.95 Å². The normalized spacial score (nSPS) is 10.9. The molecule has 0 saturated carbocycles. The summed E-state index contributed by atoms with van der Waals surface area (Å²) in [4.78, 5) is 8.34. The van der Waals surface area contributed by atoms with Crippen LogP contribution in [0, 0.1) is 0 Å². The van der Waals surface area contributed by atoms with Crippen LogP contribution in [0.2, 0.25) is 0 Å². The Hall–Kier alpha value is -1.36. The van der Waals surface area contributed by atoms with Crippen molar-refractivity contribution >= 4 is 11.8 Å². The molecule has 3 N–H and O–H groups in total. The van der Waals surface area contributed by atoms with Crippen LogP contribution in [0.15, 0.2) is 6.20 Å². The number of ether oxygens (including phenoxy) is 1. The summed E-state index contributed by atoms with van der Waals surface area (Å²) in [6.07, 6.45) is 6.25. The Kier molecular flexibility index (Phi) is 7.18. The van der Waals surface area contributed by atoms with Crippen molar-refractivity contribution in [3.63, 3.8) is 0 Å². The number of nitrogens with two attached hydrogens (primary N) is 1. The van der Waals surface area contributed by atoms with Gasteiger partial charge in [0.1, 0.15) is 5.82 Å². The van der Waals surface area contributed by atoms with E-state index >= 15 is 0 Å². The number of aromatic nitrogens is 2. The lowest BCUT2D eigenvalue weighted by atomic mass is 10.1. The number of hydrogen-bond acceptors (Lipinski definition) is 5. The van der Waals surface area contributed by atoms with Crippen molar-refractivity contribution in [2.24, 2.45) is 0 Å². The fourth-order valence-electron chi connectivity index (χ4n) is 1.72. The fraction of sp³-hybridized carbons (Fsp3) is 0.714. The zero-order valence-electron chi connectivity index (χ0n) is 12.3.